The van der Waals surface area contributed by atoms with E-state index in [1.807, 2.05) is 0 Å². The van der Waals surface area contributed by atoms with Gasteiger partial charge in [0, 0.05) is 5.88 Å². The minimum atomic E-state index is -1.44. The van der Waals surface area contributed by atoms with Gasteiger partial charge in [0.2, 0.25) is 0 Å². The Morgan fingerprint density at radius 1 is 0.857 bits per heavy atom. The SMILES string of the molecule is OC[C@H]1O[C@H](OCCOCCOCCCl)[C@@H](O)[C@@H](O)[C@@H]1O. The molecule has 1 saturated heterocycles. The molecule has 0 spiro atoms. The van der Waals surface area contributed by atoms with Crippen molar-refractivity contribution in [1.29, 1.82) is 0 Å². The summed E-state index contributed by atoms with van der Waals surface area (Å²) >= 11 is 5.43. The van der Waals surface area contributed by atoms with E-state index in [0.717, 1.165) is 0 Å². The Labute approximate surface area is 128 Å². The second kappa shape index (κ2) is 10.7. The van der Waals surface area contributed by atoms with Gasteiger partial charge in [0.25, 0.3) is 0 Å². The van der Waals surface area contributed by atoms with E-state index in [1.165, 1.54) is 0 Å². The van der Waals surface area contributed by atoms with Crippen LogP contribution in [0.3, 0.4) is 0 Å². The van der Waals surface area contributed by atoms with Crippen molar-refractivity contribution in [3.05, 3.63) is 0 Å². The van der Waals surface area contributed by atoms with Crippen molar-refractivity contribution in [2.75, 3.05) is 45.5 Å². The van der Waals surface area contributed by atoms with Gasteiger partial charge in [-0.05, 0) is 0 Å². The molecule has 1 aliphatic heterocycles. The summed E-state index contributed by atoms with van der Waals surface area (Å²) in [5.74, 6) is 0.431. The number of halogens is 1. The summed E-state index contributed by atoms with van der Waals surface area (Å²) in [6.45, 7) is 1.16. The molecule has 1 rings (SSSR count). The topological polar surface area (TPSA) is 118 Å². The lowest BCUT2D eigenvalue weighted by molar-refractivity contribution is -0.302. The molecular weight excluding hydrogens is 308 g/mol. The zero-order chi connectivity index (χ0) is 15.7. The third-order valence-electron chi connectivity index (χ3n) is 2.95. The van der Waals surface area contributed by atoms with Gasteiger partial charge >= 0.3 is 0 Å². The molecule has 0 amide bonds. The first-order valence-corrected chi connectivity index (χ1v) is 7.28. The molecule has 0 aromatic heterocycles. The Morgan fingerprint density at radius 3 is 2.10 bits per heavy atom. The van der Waals surface area contributed by atoms with Crippen LogP contribution in [0.4, 0.5) is 0 Å². The maximum Gasteiger partial charge on any atom is 0.186 e. The van der Waals surface area contributed by atoms with Crippen molar-refractivity contribution in [1.82, 2.24) is 0 Å². The number of aliphatic hydroxyl groups excluding tert-OH is 4. The molecule has 0 aliphatic carbocycles. The average Bonchev–Trinajstić information content (AvgIpc) is 2.49. The Morgan fingerprint density at radius 2 is 1.48 bits per heavy atom. The van der Waals surface area contributed by atoms with Crippen molar-refractivity contribution in [2.45, 2.75) is 30.7 Å². The predicted molar refractivity (Wildman–Crippen MR) is 72.1 cm³/mol. The van der Waals surface area contributed by atoms with E-state index < -0.39 is 37.3 Å². The van der Waals surface area contributed by atoms with Crippen LogP contribution in [-0.4, -0.2) is 96.7 Å². The summed E-state index contributed by atoms with van der Waals surface area (Å²) in [4.78, 5) is 0. The van der Waals surface area contributed by atoms with Gasteiger partial charge in [-0.1, -0.05) is 0 Å². The highest BCUT2D eigenvalue weighted by Crippen LogP contribution is 2.21. The van der Waals surface area contributed by atoms with Crippen LogP contribution in [-0.2, 0) is 18.9 Å². The molecule has 126 valence electrons. The molecule has 0 aromatic rings. The van der Waals surface area contributed by atoms with Crippen LogP contribution in [0.1, 0.15) is 0 Å². The maximum atomic E-state index is 9.71. The zero-order valence-electron chi connectivity index (χ0n) is 11.6. The molecule has 0 unspecified atom stereocenters. The summed E-state index contributed by atoms with van der Waals surface area (Å²) in [5.41, 5.74) is 0. The molecular formula is C12H23ClO8. The fourth-order valence-electron chi connectivity index (χ4n) is 1.80. The number of hydrogen-bond donors (Lipinski definition) is 4. The minimum Gasteiger partial charge on any atom is -0.394 e. The Kier molecular flexibility index (Phi) is 9.65. The molecule has 4 N–H and O–H groups in total. The lowest BCUT2D eigenvalue weighted by Crippen LogP contribution is -2.59. The van der Waals surface area contributed by atoms with Crippen LogP contribution in [0.15, 0.2) is 0 Å². The summed E-state index contributed by atoms with van der Waals surface area (Å²) in [6.07, 6.45) is -6.32. The third kappa shape index (κ3) is 6.31. The van der Waals surface area contributed by atoms with Crippen LogP contribution in [0.2, 0.25) is 0 Å². The van der Waals surface area contributed by atoms with Crippen LogP contribution in [0, 0.1) is 0 Å². The number of ether oxygens (including phenoxy) is 4. The molecule has 0 radical (unpaired) electrons. The van der Waals surface area contributed by atoms with Crippen LogP contribution >= 0.6 is 11.6 Å². The normalized spacial score (nSPS) is 33.3. The highest BCUT2D eigenvalue weighted by atomic mass is 35.5. The molecule has 0 saturated carbocycles. The van der Waals surface area contributed by atoms with E-state index >= 15 is 0 Å². The van der Waals surface area contributed by atoms with Crippen LogP contribution < -0.4 is 0 Å². The first kappa shape index (κ1) is 19.0. The lowest BCUT2D eigenvalue weighted by Gasteiger charge is -2.39. The van der Waals surface area contributed by atoms with Crippen molar-refractivity contribution in [3.8, 4) is 0 Å². The van der Waals surface area contributed by atoms with E-state index in [4.69, 9.17) is 35.7 Å². The standard InChI is InChI=1S/C12H23ClO8/c13-1-2-18-3-4-19-5-6-20-12-11(17)10(16)9(15)8(7-14)21-12/h8-12,14-17H,1-7H2/t8-,9-,10+,11+,12+/m1/s1. The van der Waals surface area contributed by atoms with Crippen LogP contribution in [0.5, 0.6) is 0 Å². The molecule has 1 aliphatic rings. The van der Waals surface area contributed by atoms with Crippen molar-refractivity contribution >= 4 is 11.6 Å². The molecule has 0 aromatic carbocycles. The zero-order valence-corrected chi connectivity index (χ0v) is 12.4. The van der Waals surface area contributed by atoms with E-state index in [-0.39, 0.29) is 13.2 Å². The largest absolute Gasteiger partial charge is 0.394 e. The van der Waals surface area contributed by atoms with Crippen LogP contribution in [0.25, 0.3) is 0 Å². The van der Waals surface area contributed by atoms with Gasteiger partial charge in [-0.2, -0.15) is 0 Å². The number of hydrogen-bond acceptors (Lipinski definition) is 8. The molecule has 5 atom stereocenters. The van der Waals surface area contributed by atoms with E-state index in [0.29, 0.717) is 25.7 Å². The average molecular weight is 331 g/mol. The monoisotopic (exact) mass is 330 g/mol. The molecule has 1 heterocycles. The summed E-state index contributed by atoms with van der Waals surface area (Å²) in [7, 11) is 0. The summed E-state index contributed by atoms with van der Waals surface area (Å²) in [5, 5.41) is 37.9. The first-order valence-electron chi connectivity index (χ1n) is 6.75. The first-order chi connectivity index (χ1) is 10.1. The van der Waals surface area contributed by atoms with E-state index in [1.54, 1.807) is 0 Å². The molecule has 8 nitrogen and oxygen atoms in total. The molecule has 21 heavy (non-hydrogen) atoms. The molecule has 0 bridgehead atoms. The van der Waals surface area contributed by atoms with Gasteiger partial charge in [-0.3, -0.25) is 0 Å². The second-order valence-corrected chi connectivity index (χ2v) is 4.86. The van der Waals surface area contributed by atoms with Crippen molar-refractivity contribution < 1.29 is 39.4 Å². The van der Waals surface area contributed by atoms with E-state index in [2.05, 4.69) is 0 Å². The maximum absolute atomic E-state index is 9.71. The third-order valence-corrected chi connectivity index (χ3v) is 3.11. The lowest BCUT2D eigenvalue weighted by atomic mass is 9.99. The van der Waals surface area contributed by atoms with Gasteiger partial charge in [-0.15, -0.1) is 11.6 Å². The van der Waals surface area contributed by atoms with Crippen molar-refractivity contribution in [2.24, 2.45) is 0 Å². The summed E-state index contributed by atoms with van der Waals surface area (Å²) < 4.78 is 20.7. The Hall–Kier alpha value is -0.0300. The van der Waals surface area contributed by atoms with Gasteiger partial charge < -0.3 is 39.4 Å². The molecule has 9 heteroatoms. The second-order valence-electron chi connectivity index (χ2n) is 4.48. The number of aliphatic hydroxyl groups is 4. The predicted octanol–water partition coefficient (Wildman–Crippen LogP) is -1.93. The van der Waals surface area contributed by atoms with Gasteiger partial charge in [0.05, 0.1) is 39.6 Å². The van der Waals surface area contributed by atoms with E-state index in [9.17, 15) is 15.3 Å². The highest BCUT2D eigenvalue weighted by molar-refractivity contribution is 6.17. The fraction of sp³-hybridized carbons (Fsp3) is 1.00. The number of alkyl halides is 1. The highest BCUT2D eigenvalue weighted by Gasteiger charge is 2.43. The van der Waals surface area contributed by atoms with Gasteiger partial charge in [0.1, 0.15) is 24.4 Å². The smallest absolute Gasteiger partial charge is 0.186 e. The number of rotatable bonds is 10. The van der Waals surface area contributed by atoms with Gasteiger partial charge in [-0.25, -0.2) is 0 Å². The fourth-order valence-corrected chi connectivity index (χ4v) is 1.91. The Bertz CT molecular complexity index is 268. The Balaban J connectivity index is 2.16. The van der Waals surface area contributed by atoms with Gasteiger partial charge in [0.15, 0.2) is 6.29 Å². The summed E-state index contributed by atoms with van der Waals surface area (Å²) in [6, 6.07) is 0. The molecule has 1 fully saturated rings. The quantitative estimate of drug-likeness (QED) is 0.270. The minimum absolute atomic E-state index is 0.123. The van der Waals surface area contributed by atoms with Crippen molar-refractivity contribution in [3.63, 3.8) is 0 Å².